The first kappa shape index (κ1) is 7.26. The number of hydrogen-bond acceptors (Lipinski definition) is 1. The first-order chi connectivity index (χ1) is 4.84. The number of pyridine rings is 1. The van der Waals surface area contributed by atoms with Crippen LogP contribution >= 0.6 is 0 Å². The van der Waals surface area contributed by atoms with Crippen molar-refractivity contribution >= 4 is 0 Å². The van der Waals surface area contributed by atoms with Crippen molar-refractivity contribution in [2.24, 2.45) is 0 Å². The van der Waals surface area contributed by atoms with Gasteiger partial charge in [0.25, 0.3) is 0 Å². The van der Waals surface area contributed by atoms with Gasteiger partial charge in [-0.3, -0.25) is 4.98 Å². The normalized spacial score (nSPS) is 9.80. The van der Waals surface area contributed by atoms with Crippen LogP contribution in [0.15, 0.2) is 18.3 Å². The standard InChI is InChI=1S/C9H12N/c1-3-5-9-8(2)6-4-7-10-9/h4,6-7H,1,3,5H2,2H3. The van der Waals surface area contributed by atoms with Gasteiger partial charge >= 0.3 is 0 Å². The summed E-state index contributed by atoms with van der Waals surface area (Å²) in [7, 11) is 0. The second-order valence-corrected chi connectivity index (χ2v) is 2.37. The molecule has 0 fully saturated rings. The second-order valence-electron chi connectivity index (χ2n) is 2.37. The number of aromatic nitrogens is 1. The molecule has 0 aliphatic heterocycles. The largest absolute Gasteiger partial charge is 0.261 e. The smallest absolute Gasteiger partial charge is 0.0432 e. The first-order valence-electron chi connectivity index (χ1n) is 3.54. The summed E-state index contributed by atoms with van der Waals surface area (Å²) in [5, 5.41) is 0. The van der Waals surface area contributed by atoms with Gasteiger partial charge in [-0.2, -0.15) is 0 Å². The van der Waals surface area contributed by atoms with Crippen molar-refractivity contribution in [3.05, 3.63) is 36.5 Å². The third-order valence-electron chi connectivity index (χ3n) is 1.53. The lowest BCUT2D eigenvalue weighted by molar-refractivity contribution is 0.925. The van der Waals surface area contributed by atoms with Crippen LogP contribution in [0.5, 0.6) is 0 Å². The maximum atomic E-state index is 4.23. The van der Waals surface area contributed by atoms with Crippen LogP contribution in [0.25, 0.3) is 0 Å². The number of nitrogens with zero attached hydrogens (tertiary/aromatic N) is 1. The van der Waals surface area contributed by atoms with E-state index in [0.717, 1.165) is 12.8 Å². The van der Waals surface area contributed by atoms with Gasteiger partial charge in [0.05, 0.1) is 0 Å². The zero-order chi connectivity index (χ0) is 7.40. The van der Waals surface area contributed by atoms with E-state index in [2.05, 4.69) is 24.9 Å². The van der Waals surface area contributed by atoms with E-state index >= 15 is 0 Å². The van der Waals surface area contributed by atoms with Crippen LogP contribution in [0.3, 0.4) is 0 Å². The fourth-order valence-corrected chi connectivity index (χ4v) is 0.948. The molecule has 0 aromatic carbocycles. The topological polar surface area (TPSA) is 12.9 Å². The molecule has 1 heteroatoms. The molecule has 0 saturated carbocycles. The van der Waals surface area contributed by atoms with Crippen molar-refractivity contribution in [2.75, 3.05) is 0 Å². The van der Waals surface area contributed by atoms with Gasteiger partial charge in [0.2, 0.25) is 0 Å². The van der Waals surface area contributed by atoms with E-state index in [1.54, 1.807) is 0 Å². The van der Waals surface area contributed by atoms with Gasteiger partial charge in [0.1, 0.15) is 0 Å². The molecule has 0 spiro atoms. The molecule has 0 saturated heterocycles. The van der Waals surface area contributed by atoms with Crippen molar-refractivity contribution < 1.29 is 0 Å². The minimum atomic E-state index is 0.928. The van der Waals surface area contributed by atoms with Gasteiger partial charge in [-0.15, -0.1) is 0 Å². The molecule has 0 unspecified atom stereocenters. The predicted octanol–water partition coefficient (Wildman–Crippen LogP) is 2.16. The molecule has 0 atom stereocenters. The molecule has 53 valence electrons. The average molecular weight is 134 g/mol. The molecule has 1 aromatic heterocycles. The molecule has 1 radical (unpaired) electrons. The Labute approximate surface area is 62.1 Å². The summed E-state index contributed by atoms with van der Waals surface area (Å²) < 4.78 is 0. The molecule has 1 rings (SSSR count). The Kier molecular flexibility index (Phi) is 2.43. The fourth-order valence-electron chi connectivity index (χ4n) is 0.948. The highest BCUT2D eigenvalue weighted by Gasteiger charge is 1.94. The number of rotatable bonds is 2. The van der Waals surface area contributed by atoms with Gasteiger partial charge in [-0.1, -0.05) is 13.0 Å². The summed E-state index contributed by atoms with van der Waals surface area (Å²) >= 11 is 0. The quantitative estimate of drug-likeness (QED) is 0.604. The van der Waals surface area contributed by atoms with Crippen LogP contribution in [0.4, 0.5) is 0 Å². The Bertz CT molecular complexity index is 206. The zero-order valence-corrected chi connectivity index (χ0v) is 6.30. The molecule has 0 aliphatic carbocycles. The van der Waals surface area contributed by atoms with Crippen molar-refractivity contribution in [2.45, 2.75) is 19.8 Å². The minimum Gasteiger partial charge on any atom is -0.261 e. The minimum absolute atomic E-state index is 0.928. The van der Waals surface area contributed by atoms with Gasteiger partial charge in [-0.05, 0) is 31.4 Å². The maximum absolute atomic E-state index is 4.23. The van der Waals surface area contributed by atoms with Crippen molar-refractivity contribution in [3.8, 4) is 0 Å². The lowest BCUT2D eigenvalue weighted by Crippen LogP contribution is -1.91. The van der Waals surface area contributed by atoms with E-state index in [0.29, 0.717) is 0 Å². The first-order valence-corrected chi connectivity index (χ1v) is 3.54. The van der Waals surface area contributed by atoms with Crippen LogP contribution in [0.2, 0.25) is 0 Å². The highest BCUT2D eigenvalue weighted by atomic mass is 14.7. The second kappa shape index (κ2) is 3.35. The van der Waals surface area contributed by atoms with Crippen molar-refractivity contribution in [1.29, 1.82) is 0 Å². The van der Waals surface area contributed by atoms with Crippen LogP contribution in [-0.2, 0) is 6.42 Å². The van der Waals surface area contributed by atoms with E-state index < -0.39 is 0 Å². The molecular weight excluding hydrogens is 122 g/mol. The molecule has 0 aliphatic rings. The van der Waals surface area contributed by atoms with Crippen LogP contribution in [0, 0.1) is 13.8 Å². The zero-order valence-electron chi connectivity index (χ0n) is 6.30. The van der Waals surface area contributed by atoms with E-state index in [1.807, 2.05) is 12.3 Å². The SMILES string of the molecule is [CH2]CCc1ncccc1C. The summed E-state index contributed by atoms with van der Waals surface area (Å²) in [5.41, 5.74) is 2.45. The van der Waals surface area contributed by atoms with Crippen molar-refractivity contribution in [3.63, 3.8) is 0 Å². The summed E-state index contributed by atoms with van der Waals surface area (Å²) in [6.07, 6.45) is 3.75. The summed E-state index contributed by atoms with van der Waals surface area (Å²) in [6.45, 7) is 5.86. The highest BCUT2D eigenvalue weighted by molar-refractivity contribution is 5.17. The van der Waals surface area contributed by atoms with Gasteiger partial charge < -0.3 is 0 Å². The maximum Gasteiger partial charge on any atom is 0.0432 e. The van der Waals surface area contributed by atoms with Crippen LogP contribution in [0.1, 0.15) is 17.7 Å². The summed E-state index contributed by atoms with van der Waals surface area (Å²) in [5.74, 6) is 0. The molecule has 10 heavy (non-hydrogen) atoms. The Morgan fingerprint density at radius 3 is 3.00 bits per heavy atom. The monoisotopic (exact) mass is 134 g/mol. The Morgan fingerprint density at radius 2 is 2.40 bits per heavy atom. The molecule has 1 aromatic rings. The van der Waals surface area contributed by atoms with Crippen molar-refractivity contribution in [1.82, 2.24) is 4.98 Å². The van der Waals surface area contributed by atoms with Crippen LogP contribution in [-0.4, -0.2) is 4.98 Å². The van der Waals surface area contributed by atoms with Gasteiger partial charge in [0, 0.05) is 11.9 Å². The summed E-state index contributed by atoms with van der Waals surface area (Å²) in [4.78, 5) is 4.23. The van der Waals surface area contributed by atoms with E-state index in [1.165, 1.54) is 11.3 Å². The van der Waals surface area contributed by atoms with E-state index in [9.17, 15) is 0 Å². The molecule has 1 heterocycles. The molecule has 0 amide bonds. The Hall–Kier alpha value is -0.850. The third-order valence-corrected chi connectivity index (χ3v) is 1.53. The number of aryl methyl sites for hydroxylation is 2. The summed E-state index contributed by atoms with van der Waals surface area (Å²) in [6, 6.07) is 4.04. The fraction of sp³-hybridized carbons (Fsp3) is 0.333. The molecule has 0 N–H and O–H groups in total. The molecular formula is C9H12N. The van der Waals surface area contributed by atoms with Crippen LogP contribution < -0.4 is 0 Å². The Balaban J connectivity index is 2.81. The lowest BCUT2D eigenvalue weighted by Gasteiger charge is -1.99. The molecule has 1 nitrogen and oxygen atoms in total. The lowest BCUT2D eigenvalue weighted by atomic mass is 10.1. The predicted molar refractivity (Wildman–Crippen MR) is 42.7 cm³/mol. The van der Waals surface area contributed by atoms with Gasteiger partial charge in [0.15, 0.2) is 0 Å². The number of hydrogen-bond donors (Lipinski definition) is 0. The highest BCUT2D eigenvalue weighted by Crippen LogP contribution is 2.04. The Morgan fingerprint density at radius 1 is 1.60 bits per heavy atom. The molecule has 0 bridgehead atoms. The third kappa shape index (κ3) is 1.56. The van der Waals surface area contributed by atoms with E-state index in [4.69, 9.17) is 0 Å². The average Bonchev–Trinajstić information content (AvgIpc) is 1.94. The van der Waals surface area contributed by atoms with Gasteiger partial charge in [-0.25, -0.2) is 0 Å². The van der Waals surface area contributed by atoms with E-state index in [-0.39, 0.29) is 0 Å².